The number of azide groups is 1. The fourth-order valence-corrected chi connectivity index (χ4v) is 2.96. The van der Waals surface area contributed by atoms with Crippen LogP contribution in [0, 0.1) is 0 Å². The van der Waals surface area contributed by atoms with Crippen LogP contribution in [0.2, 0.25) is 0 Å². The third-order valence-electron chi connectivity index (χ3n) is 4.49. The second-order valence-corrected chi connectivity index (χ2v) is 6.45. The predicted molar refractivity (Wildman–Crippen MR) is 102 cm³/mol. The van der Waals surface area contributed by atoms with Crippen LogP contribution in [0.4, 0.5) is 0 Å². The highest BCUT2D eigenvalue weighted by atomic mass is 16.6. The van der Waals surface area contributed by atoms with E-state index in [0.717, 1.165) is 0 Å². The normalized spacial score (nSPS) is 25.6. The molecule has 2 unspecified atom stereocenters. The molecule has 0 spiro atoms. The number of aliphatic hydroxyl groups is 2. The van der Waals surface area contributed by atoms with Crippen LogP contribution in [0.1, 0.15) is 20.7 Å². The van der Waals surface area contributed by atoms with Crippen molar-refractivity contribution < 1.29 is 34.0 Å². The van der Waals surface area contributed by atoms with Crippen LogP contribution in [-0.4, -0.2) is 59.4 Å². The summed E-state index contributed by atoms with van der Waals surface area (Å²) in [5, 5.41) is 24.2. The Labute approximate surface area is 171 Å². The molecule has 1 heterocycles. The topological polar surface area (TPSA) is 151 Å². The van der Waals surface area contributed by atoms with Gasteiger partial charge in [-0.15, -0.1) is 0 Å². The van der Waals surface area contributed by atoms with E-state index >= 15 is 0 Å². The Morgan fingerprint density at radius 1 is 1.00 bits per heavy atom. The zero-order valence-corrected chi connectivity index (χ0v) is 15.6. The molecule has 0 aliphatic carbocycles. The van der Waals surface area contributed by atoms with Crippen molar-refractivity contribution in [2.75, 3.05) is 6.61 Å². The molecule has 3 rings (SSSR count). The molecule has 2 aromatic rings. The lowest BCUT2D eigenvalue weighted by molar-refractivity contribution is -0.248. The van der Waals surface area contributed by atoms with Crippen LogP contribution in [0.15, 0.2) is 65.8 Å². The van der Waals surface area contributed by atoms with E-state index in [1.165, 1.54) is 12.1 Å². The molecular weight excluding hydrogens is 394 g/mol. The number of hydrogen-bond acceptors (Lipinski definition) is 8. The van der Waals surface area contributed by atoms with Gasteiger partial charge in [0.2, 0.25) is 0 Å². The average Bonchev–Trinajstić information content (AvgIpc) is 2.78. The molecule has 156 valence electrons. The lowest BCUT2D eigenvalue weighted by atomic mass is 9.97. The molecule has 2 aromatic carbocycles. The third-order valence-corrected chi connectivity index (χ3v) is 4.49. The molecule has 1 aliphatic rings. The first-order chi connectivity index (χ1) is 14.5. The minimum absolute atomic E-state index is 0.206. The fourth-order valence-electron chi connectivity index (χ4n) is 2.96. The monoisotopic (exact) mass is 413 g/mol. The Balaban J connectivity index is 1.72. The zero-order chi connectivity index (χ0) is 21.5. The van der Waals surface area contributed by atoms with Gasteiger partial charge < -0.3 is 24.4 Å². The van der Waals surface area contributed by atoms with Gasteiger partial charge in [0, 0.05) is 4.91 Å². The summed E-state index contributed by atoms with van der Waals surface area (Å²) in [5.41, 5.74) is 9.26. The number of rotatable bonds is 6. The summed E-state index contributed by atoms with van der Waals surface area (Å²) in [4.78, 5) is 27.1. The number of nitrogens with zero attached hydrogens (tertiary/aromatic N) is 3. The molecule has 1 saturated heterocycles. The molecule has 0 saturated carbocycles. The molecule has 30 heavy (non-hydrogen) atoms. The van der Waals surface area contributed by atoms with Crippen molar-refractivity contribution in [2.24, 2.45) is 5.11 Å². The lowest BCUT2D eigenvalue weighted by Crippen LogP contribution is -2.59. The van der Waals surface area contributed by atoms with E-state index in [-0.39, 0.29) is 5.56 Å². The van der Waals surface area contributed by atoms with Crippen molar-refractivity contribution in [1.29, 1.82) is 0 Å². The van der Waals surface area contributed by atoms with E-state index in [9.17, 15) is 19.8 Å². The van der Waals surface area contributed by atoms with Gasteiger partial charge in [-0.25, -0.2) is 9.59 Å². The van der Waals surface area contributed by atoms with E-state index in [1.807, 2.05) is 0 Å². The van der Waals surface area contributed by atoms with Crippen LogP contribution in [0.3, 0.4) is 0 Å². The van der Waals surface area contributed by atoms with Gasteiger partial charge in [-0.3, -0.25) is 0 Å². The Hall–Kier alpha value is -3.43. The van der Waals surface area contributed by atoms with E-state index in [4.69, 9.17) is 19.7 Å². The van der Waals surface area contributed by atoms with Gasteiger partial charge in [0.05, 0.1) is 11.1 Å². The maximum absolute atomic E-state index is 12.4. The van der Waals surface area contributed by atoms with Gasteiger partial charge in [0.15, 0.2) is 6.29 Å². The van der Waals surface area contributed by atoms with Crippen molar-refractivity contribution in [3.05, 3.63) is 82.2 Å². The maximum Gasteiger partial charge on any atom is 0.338 e. The number of aliphatic hydroxyl groups excluding tert-OH is 2. The van der Waals surface area contributed by atoms with Crippen molar-refractivity contribution in [2.45, 2.75) is 30.6 Å². The maximum atomic E-state index is 12.4. The average molecular weight is 413 g/mol. The van der Waals surface area contributed by atoms with E-state index in [0.29, 0.717) is 5.56 Å². The van der Waals surface area contributed by atoms with Gasteiger partial charge in [0.1, 0.15) is 31.0 Å². The third kappa shape index (κ3) is 4.94. The number of hydrogen-bond donors (Lipinski definition) is 2. The molecule has 0 radical (unpaired) electrons. The lowest BCUT2D eigenvalue weighted by Gasteiger charge is -2.40. The first-order valence-electron chi connectivity index (χ1n) is 9.05. The van der Waals surface area contributed by atoms with Crippen molar-refractivity contribution in [3.8, 4) is 0 Å². The molecule has 1 fully saturated rings. The number of esters is 2. The summed E-state index contributed by atoms with van der Waals surface area (Å²) < 4.78 is 15.7. The van der Waals surface area contributed by atoms with Crippen LogP contribution in [0.25, 0.3) is 10.4 Å². The first-order valence-corrected chi connectivity index (χ1v) is 9.05. The number of benzene rings is 2. The second-order valence-electron chi connectivity index (χ2n) is 6.45. The van der Waals surface area contributed by atoms with Gasteiger partial charge in [-0.1, -0.05) is 41.5 Å². The van der Waals surface area contributed by atoms with Crippen molar-refractivity contribution in [1.82, 2.24) is 0 Å². The zero-order valence-electron chi connectivity index (χ0n) is 15.6. The molecular formula is C20H19N3O7. The molecule has 10 nitrogen and oxygen atoms in total. The van der Waals surface area contributed by atoms with Crippen LogP contribution >= 0.6 is 0 Å². The Morgan fingerprint density at radius 2 is 1.57 bits per heavy atom. The Bertz CT molecular complexity index is 919. The number of carbonyl (C=O) groups excluding carboxylic acids is 2. The second kappa shape index (κ2) is 9.86. The van der Waals surface area contributed by atoms with E-state index in [1.54, 1.807) is 48.5 Å². The summed E-state index contributed by atoms with van der Waals surface area (Å²) in [5.74, 6) is -1.44. The highest BCUT2D eigenvalue weighted by Crippen LogP contribution is 2.26. The first kappa shape index (κ1) is 21.3. The molecule has 10 heteroatoms. The highest BCUT2D eigenvalue weighted by molar-refractivity contribution is 5.89. The largest absolute Gasteiger partial charge is 0.459 e. The molecule has 5 atom stereocenters. The minimum Gasteiger partial charge on any atom is -0.459 e. The summed E-state index contributed by atoms with van der Waals surface area (Å²) >= 11 is 0. The SMILES string of the molecule is [N-]=[N+]=NC1[C@H](O)OC(COC(=O)c2ccccc2)[C@@H](O)[C@@H]1OC(=O)c1ccccc1. The molecule has 0 aromatic heterocycles. The Kier molecular flexibility index (Phi) is 6.99. The van der Waals surface area contributed by atoms with Crippen molar-refractivity contribution >= 4 is 11.9 Å². The summed E-state index contributed by atoms with van der Waals surface area (Å²) in [6.45, 7) is -0.422. The molecule has 2 N–H and O–H groups in total. The van der Waals surface area contributed by atoms with Crippen LogP contribution in [-0.2, 0) is 14.2 Å². The quantitative estimate of drug-likeness (QED) is 0.317. The van der Waals surface area contributed by atoms with Crippen molar-refractivity contribution in [3.63, 3.8) is 0 Å². The summed E-state index contributed by atoms with van der Waals surface area (Å²) in [6, 6.07) is 14.8. The smallest absolute Gasteiger partial charge is 0.338 e. The highest BCUT2D eigenvalue weighted by Gasteiger charge is 2.47. The van der Waals surface area contributed by atoms with Gasteiger partial charge in [-0.2, -0.15) is 0 Å². The number of ether oxygens (including phenoxy) is 3. The fraction of sp³-hybridized carbons (Fsp3) is 0.300. The van der Waals surface area contributed by atoms with E-state index in [2.05, 4.69) is 10.0 Å². The number of carbonyl (C=O) groups is 2. The molecule has 0 bridgehead atoms. The van der Waals surface area contributed by atoms with Gasteiger partial charge in [-0.05, 0) is 29.8 Å². The molecule has 1 aliphatic heterocycles. The van der Waals surface area contributed by atoms with Crippen LogP contribution in [0.5, 0.6) is 0 Å². The van der Waals surface area contributed by atoms with E-state index < -0.39 is 49.2 Å². The Morgan fingerprint density at radius 3 is 2.13 bits per heavy atom. The van der Waals surface area contributed by atoms with Gasteiger partial charge in [0.25, 0.3) is 0 Å². The van der Waals surface area contributed by atoms with Gasteiger partial charge >= 0.3 is 11.9 Å². The summed E-state index contributed by atoms with van der Waals surface area (Å²) in [7, 11) is 0. The molecule has 0 amide bonds. The predicted octanol–water partition coefficient (Wildman–Crippen LogP) is 1.83. The standard InChI is InChI=1S/C20H19N3O7/c21-23-22-15-17(30-19(26)13-9-5-2-6-10-13)16(24)14(29-20(15)27)11-28-18(25)12-7-3-1-4-8-12/h1-10,14-17,20,24,27H,11H2/t14?,15?,16-,17-,20-/m1/s1. The minimum atomic E-state index is -1.68. The summed E-state index contributed by atoms with van der Waals surface area (Å²) in [6.07, 6.45) is -5.84. The van der Waals surface area contributed by atoms with Crippen LogP contribution < -0.4 is 0 Å².